The van der Waals surface area contributed by atoms with E-state index < -0.39 is 36.2 Å². The van der Waals surface area contributed by atoms with Gasteiger partial charge in [0.05, 0.1) is 18.6 Å². The summed E-state index contributed by atoms with van der Waals surface area (Å²) in [4.78, 5) is 21.6. The number of rotatable bonds is 4. The fourth-order valence-electron chi connectivity index (χ4n) is 0.945. The Hall–Kier alpha value is -1.30. The number of carboxylic acids is 1. The van der Waals surface area contributed by atoms with Crippen molar-refractivity contribution in [1.82, 2.24) is 5.32 Å². The van der Waals surface area contributed by atoms with Gasteiger partial charge in [0.2, 0.25) is 0 Å². The maximum absolute atomic E-state index is 11.3. The highest BCUT2D eigenvalue weighted by Crippen LogP contribution is 2.07. The van der Waals surface area contributed by atoms with Crippen LogP contribution in [0.5, 0.6) is 0 Å². The number of ether oxygens (including phenoxy) is 1. The lowest BCUT2D eigenvalue weighted by Gasteiger charge is -2.23. The first-order chi connectivity index (χ1) is 7.11. The van der Waals surface area contributed by atoms with Crippen molar-refractivity contribution in [2.75, 3.05) is 0 Å². The van der Waals surface area contributed by atoms with Crippen LogP contribution in [0, 0.1) is 0 Å². The molecule has 6 heteroatoms. The van der Waals surface area contributed by atoms with Crippen molar-refractivity contribution in [3.8, 4) is 0 Å². The number of hydrogen-bond donors (Lipinski definition) is 3. The van der Waals surface area contributed by atoms with Crippen LogP contribution in [0.25, 0.3) is 0 Å². The lowest BCUT2D eigenvalue weighted by Crippen LogP contribution is -2.44. The van der Waals surface area contributed by atoms with E-state index in [1.807, 2.05) is 0 Å². The van der Waals surface area contributed by atoms with Crippen molar-refractivity contribution >= 4 is 12.1 Å². The molecule has 94 valence electrons. The molecule has 0 bridgehead atoms. The molecule has 1 amide bonds. The van der Waals surface area contributed by atoms with Crippen LogP contribution in [0.4, 0.5) is 4.79 Å². The summed E-state index contributed by atoms with van der Waals surface area (Å²) in [6.45, 7) is 6.65. The Labute approximate surface area is 94.6 Å². The lowest BCUT2D eigenvalue weighted by molar-refractivity contribution is -0.139. The summed E-state index contributed by atoms with van der Waals surface area (Å²) in [5.74, 6) is -1.12. The van der Waals surface area contributed by atoms with Gasteiger partial charge >= 0.3 is 12.1 Å². The Morgan fingerprint density at radius 2 is 1.88 bits per heavy atom. The third-order valence-electron chi connectivity index (χ3n) is 1.71. The molecule has 2 atom stereocenters. The molecule has 0 aliphatic rings. The van der Waals surface area contributed by atoms with Gasteiger partial charge in [-0.2, -0.15) is 0 Å². The number of amides is 1. The van der Waals surface area contributed by atoms with Gasteiger partial charge in [0.25, 0.3) is 0 Å². The first kappa shape index (κ1) is 14.7. The third-order valence-corrected chi connectivity index (χ3v) is 1.71. The molecule has 0 heterocycles. The number of aliphatic carboxylic acids is 1. The molecular weight excluding hydrogens is 214 g/mol. The normalized spacial score (nSPS) is 15.1. The van der Waals surface area contributed by atoms with Gasteiger partial charge in [-0.3, -0.25) is 4.79 Å². The van der Waals surface area contributed by atoms with Gasteiger partial charge in [0.15, 0.2) is 0 Å². The monoisotopic (exact) mass is 233 g/mol. The van der Waals surface area contributed by atoms with Gasteiger partial charge in [0.1, 0.15) is 5.60 Å². The molecule has 1 unspecified atom stereocenters. The van der Waals surface area contributed by atoms with E-state index in [4.69, 9.17) is 9.84 Å². The Balaban J connectivity index is 4.09. The third kappa shape index (κ3) is 7.05. The Kier molecular flexibility index (Phi) is 5.23. The van der Waals surface area contributed by atoms with Crippen LogP contribution in [0.1, 0.15) is 34.1 Å². The molecule has 6 nitrogen and oxygen atoms in total. The number of carbonyl (C=O) groups excluding carboxylic acids is 1. The van der Waals surface area contributed by atoms with Crippen LogP contribution in [0.2, 0.25) is 0 Å². The second-order valence-electron chi connectivity index (χ2n) is 4.60. The first-order valence-corrected chi connectivity index (χ1v) is 5.01. The minimum Gasteiger partial charge on any atom is -0.481 e. The number of aliphatic hydroxyl groups is 1. The number of aliphatic hydroxyl groups excluding tert-OH is 1. The van der Waals surface area contributed by atoms with Gasteiger partial charge in [-0.25, -0.2) is 4.79 Å². The molecule has 0 aliphatic carbocycles. The van der Waals surface area contributed by atoms with Gasteiger partial charge < -0.3 is 20.3 Å². The predicted molar refractivity (Wildman–Crippen MR) is 57.1 cm³/mol. The van der Waals surface area contributed by atoms with E-state index in [0.717, 1.165) is 0 Å². The summed E-state index contributed by atoms with van der Waals surface area (Å²) < 4.78 is 4.95. The highest BCUT2D eigenvalue weighted by molar-refractivity contribution is 5.69. The van der Waals surface area contributed by atoms with E-state index in [9.17, 15) is 14.7 Å². The van der Waals surface area contributed by atoms with E-state index in [-0.39, 0.29) is 0 Å². The molecule has 0 saturated carbocycles. The number of nitrogens with one attached hydrogen (secondary N) is 1. The van der Waals surface area contributed by atoms with Crippen LogP contribution in [0.15, 0.2) is 0 Å². The highest BCUT2D eigenvalue weighted by Gasteiger charge is 2.22. The van der Waals surface area contributed by atoms with Crippen molar-refractivity contribution in [2.24, 2.45) is 0 Å². The molecule has 0 spiro atoms. The highest BCUT2D eigenvalue weighted by atomic mass is 16.6. The van der Waals surface area contributed by atoms with Crippen molar-refractivity contribution in [2.45, 2.75) is 51.9 Å². The second-order valence-corrected chi connectivity index (χ2v) is 4.60. The zero-order valence-electron chi connectivity index (χ0n) is 9.98. The first-order valence-electron chi connectivity index (χ1n) is 5.01. The van der Waals surface area contributed by atoms with E-state index in [1.165, 1.54) is 6.92 Å². The number of carbonyl (C=O) groups is 2. The van der Waals surface area contributed by atoms with Crippen molar-refractivity contribution in [3.05, 3.63) is 0 Å². The maximum Gasteiger partial charge on any atom is 0.407 e. The molecule has 3 N–H and O–H groups in total. The van der Waals surface area contributed by atoms with Gasteiger partial charge in [-0.05, 0) is 27.7 Å². The molecule has 0 aliphatic heterocycles. The topological polar surface area (TPSA) is 95.9 Å². The zero-order chi connectivity index (χ0) is 12.9. The van der Waals surface area contributed by atoms with Crippen LogP contribution >= 0.6 is 0 Å². The summed E-state index contributed by atoms with van der Waals surface area (Å²) in [6.07, 6.45) is -2.23. The standard InChI is InChI=1S/C10H19NO5/c1-6(7(12)5-8(13)14)11-9(15)16-10(2,3)4/h6-7,12H,5H2,1-4H3,(H,11,15)(H,13,14)/t6-,7?/m1/s1. The average Bonchev–Trinajstić information content (AvgIpc) is 1.98. The van der Waals surface area contributed by atoms with E-state index in [1.54, 1.807) is 20.8 Å². The predicted octanol–water partition coefficient (Wildman–Crippen LogP) is 0.735. The van der Waals surface area contributed by atoms with Crippen LogP contribution in [-0.4, -0.2) is 40.0 Å². The summed E-state index contributed by atoms with van der Waals surface area (Å²) in [7, 11) is 0. The summed E-state index contributed by atoms with van der Waals surface area (Å²) in [6, 6.07) is -0.675. The van der Waals surface area contributed by atoms with Gasteiger partial charge in [-0.15, -0.1) is 0 Å². The smallest absolute Gasteiger partial charge is 0.407 e. The molecule has 0 aromatic rings. The molecule has 0 fully saturated rings. The summed E-state index contributed by atoms with van der Waals surface area (Å²) >= 11 is 0. The van der Waals surface area contributed by atoms with Gasteiger partial charge in [-0.1, -0.05) is 0 Å². The Morgan fingerprint density at radius 1 is 1.38 bits per heavy atom. The SMILES string of the molecule is C[C@@H](NC(=O)OC(C)(C)C)C(O)CC(=O)O. The fraction of sp³-hybridized carbons (Fsp3) is 0.800. The summed E-state index contributed by atoms with van der Waals surface area (Å²) in [5, 5.41) is 20.2. The van der Waals surface area contributed by atoms with Crippen molar-refractivity contribution in [1.29, 1.82) is 0 Å². The van der Waals surface area contributed by atoms with Crippen molar-refractivity contribution in [3.63, 3.8) is 0 Å². The Bertz CT molecular complexity index is 258. The minimum atomic E-state index is -1.13. The molecule has 0 aromatic heterocycles. The summed E-state index contributed by atoms with van der Waals surface area (Å²) in [5.41, 5.74) is -0.623. The molecule has 0 rings (SSSR count). The number of alkyl carbamates (subject to hydrolysis) is 1. The average molecular weight is 233 g/mol. The van der Waals surface area contributed by atoms with Crippen molar-refractivity contribution < 1.29 is 24.5 Å². The second kappa shape index (κ2) is 5.69. The molecular formula is C10H19NO5. The number of hydrogen-bond acceptors (Lipinski definition) is 4. The van der Waals surface area contributed by atoms with Gasteiger partial charge in [0, 0.05) is 0 Å². The number of carboxylic acid groups (broad SMARTS) is 1. The van der Waals surface area contributed by atoms with E-state index in [0.29, 0.717) is 0 Å². The van der Waals surface area contributed by atoms with E-state index in [2.05, 4.69) is 5.32 Å². The molecule has 0 aromatic carbocycles. The quantitative estimate of drug-likeness (QED) is 0.665. The van der Waals surface area contributed by atoms with Crippen LogP contribution in [-0.2, 0) is 9.53 Å². The largest absolute Gasteiger partial charge is 0.481 e. The lowest BCUT2D eigenvalue weighted by atomic mass is 10.1. The van der Waals surface area contributed by atoms with Crippen LogP contribution < -0.4 is 5.32 Å². The van der Waals surface area contributed by atoms with E-state index >= 15 is 0 Å². The zero-order valence-corrected chi connectivity index (χ0v) is 9.98. The molecule has 0 saturated heterocycles. The maximum atomic E-state index is 11.3. The fourth-order valence-corrected chi connectivity index (χ4v) is 0.945. The molecule has 0 radical (unpaired) electrons. The molecule has 16 heavy (non-hydrogen) atoms. The minimum absolute atomic E-state index is 0.420. The van der Waals surface area contributed by atoms with Crippen LogP contribution in [0.3, 0.4) is 0 Å². The Morgan fingerprint density at radius 3 is 2.25 bits per heavy atom.